The second kappa shape index (κ2) is 4.17. The molecule has 0 spiro atoms. The standard InChI is InChI=1S/C15H17N/c1-4-10-16(11-5-1)15-9-8-13-6-2-3-7-14(13)12-15/h2-3,6-9,12H,1,4-5,10-11H2. The topological polar surface area (TPSA) is 3.24 Å². The zero-order chi connectivity index (χ0) is 10.8. The van der Waals surface area contributed by atoms with Crippen LogP contribution < -0.4 is 4.90 Å². The van der Waals surface area contributed by atoms with Gasteiger partial charge in [-0.15, -0.1) is 0 Å². The first-order valence-corrected chi connectivity index (χ1v) is 6.17. The van der Waals surface area contributed by atoms with Gasteiger partial charge in [0, 0.05) is 18.8 Å². The van der Waals surface area contributed by atoms with Crippen molar-refractivity contribution in [3.8, 4) is 0 Å². The smallest absolute Gasteiger partial charge is 0.0372 e. The monoisotopic (exact) mass is 211 g/mol. The van der Waals surface area contributed by atoms with Gasteiger partial charge in [0.1, 0.15) is 0 Å². The van der Waals surface area contributed by atoms with Gasteiger partial charge >= 0.3 is 0 Å². The van der Waals surface area contributed by atoms with Gasteiger partial charge in [0.05, 0.1) is 0 Å². The third kappa shape index (κ3) is 1.78. The Morgan fingerprint density at radius 1 is 0.750 bits per heavy atom. The van der Waals surface area contributed by atoms with Crippen molar-refractivity contribution >= 4 is 16.5 Å². The highest BCUT2D eigenvalue weighted by Gasteiger charge is 2.10. The minimum absolute atomic E-state index is 1.22. The van der Waals surface area contributed by atoms with Gasteiger partial charge in [0.25, 0.3) is 0 Å². The van der Waals surface area contributed by atoms with Gasteiger partial charge in [-0.1, -0.05) is 30.3 Å². The summed E-state index contributed by atoms with van der Waals surface area (Å²) >= 11 is 0. The molecule has 1 heterocycles. The van der Waals surface area contributed by atoms with Crippen LogP contribution in [0.5, 0.6) is 0 Å². The molecular formula is C15H17N. The Hall–Kier alpha value is -1.50. The quantitative estimate of drug-likeness (QED) is 0.693. The van der Waals surface area contributed by atoms with Gasteiger partial charge in [-0.05, 0) is 42.2 Å². The Bertz CT molecular complexity index is 484. The number of rotatable bonds is 1. The van der Waals surface area contributed by atoms with Crippen molar-refractivity contribution in [2.24, 2.45) is 0 Å². The van der Waals surface area contributed by atoms with Crippen LogP contribution in [0.25, 0.3) is 10.8 Å². The molecule has 0 saturated carbocycles. The Balaban J connectivity index is 1.97. The molecule has 1 fully saturated rings. The van der Waals surface area contributed by atoms with E-state index in [0.717, 1.165) is 0 Å². The van der Waals surface area contributed by atoms with Crippen molar-refractivity contribution in [1.29, 1.82) is 0 Å². The molecule has 0 atom stereocenters. The van der Waals surface area contributed by atoms with Crippen molar-refractivity contribution in [3.63, 3.8) is 0 Å². The van der Waals surface area contributed by atoms with E-state index in [1.165, 1.54) is 48.8 Å². The molecule has 82 valence electrons. The lowest BCUT2D eigenvalue weighted by molar-refractivity contribution is 0.578. The summed E-state index contributed by atoms with van der Waals surface area (Å²) in [4.78, 5) is 2.51. The Kier molecular flexibility index (Phi) is 2.53. The van der Waals surface area contributed by atoms with Gasteiger partial charge in [0.2, 0.25) is 0 Å². The zero-order valence-electron chi connectivity index (χ0n) is 9.52. The average molecular weight is 211 g/mol. The fraction of sp³-hybridized carbons (Fsp3) is 0.333. The van der Waals surface area contributed by atoms with E-state index in [1.807, 2.05) is 0 Å². The summed E-state index contributed by atoms with van der Waals surface area (Å²) in [5.74, 6) is 0. The van der Waals surface area contributed by atoms with Gasteiger partial charge in [-0.3, -0.25) is 0 Å². The first-order valence-electron chi connectivity index (χ1n) is 6.17. The number of benzene rings is 2. The summed E-state index contributed by atoms with van der Waals surface area (Å²) in [6.45, 7) is 2.44. The van der Waals surface area contributed by atoms with Gasteiger partial charge in [-0.2, -0.15) is 0 Å². The molecule has 0 bridgehead atoms. The number of hydrogen-bond acceptors (Lipinski definition) is 1. The van der Waals surface area contributed by atoms with E-state index >= 15 is 0 Å². The normalized spacial score (nSPS) is 16.6. The van der Waals surface area contributed by atoms with Crippen molar-refractivity contribution in [1.82, 2.24) is 0 Å². The van der Waals surface area contributed by atoms with Crippen LogP contribution in [0.15, 0.2) is 42.5 Å². The maximum Gasteiger partial charge on any atom is 0.0372 e. The van der Waals surface area contributed by atoms with Crippen molar-refractivity contribution in [2.75, 3.05) is 18.0 Å². The molecule has 1 nitrogen and oxygen atoms in total. The van der Waals surface area contributed by atoms with Gasteiger partial charge < -0.3 is 4.90 Å². The molecule has 0 radical (unpaired) electrons. The summed E-state index contributed by atoms with van der Waals surface area (Å²) in [6.07, 6.45) is 4.07. The lowest BCUT2D eigenvalue weighted by atomic mass is 10.1. The maximum absolute atomic E-state index is 2.51. The predicted molar refractivity (Wildman–Crippen MR) is 70.0 cm³/mol. The third-order valence-electron chi connectivity index (χ3n) is 3.45. The predicted octanol–water partition coefficient (Wildman–Crippen LogP) is 3.83. The lowest BCUT2D eigenvalue weighted by Crippen LogP contribution is -2.29. The number of anilines is 1. The highest BCUT2D eigenvalue weighted by Crippen LogP contribution is 2.24. The van der Waals surface area contributed by atoms with Crippen LogP contribution in [-0.2, 0) is 0 Å². The van der Waals surface area contributed by atoms with Gasteiger partial charge in [0.15, 0.2) is 0 Å². The van der Waals surface area contributed by atoms with E-state index in [-0.39, 0.29) is 0 Å². The van der Waals surface area contributed by atoms with Crippen molar-refractivity contribution in [2.45, 2.75) is 19.3 Å². The summed E-state index contributed by atoms with van der Waals surface area (Å²) in [7, 11) is 0. The third-order valence-corrected chi connectivity index (χ3v) is 3.45. The highest BCUT2D eigenvalue weighted by atomic mass is 15.1. The molecule has 1 saturated heterocycles. The van der Waals surface area contributed by atoms with Crippen LogP contribution in [0.4, 0.5) is 5.69 Å². The molecule has 0 unspecified atom stereocenters. The number of piperidine rings is 1. The molecule has 0 aromatic heterocycles. The summed E-state index contributed by atoms with van der Waals surface area (Å²) < 4.78 is 0. The zero-order valence-corrected chi connectivity index (χ0v) is 9.52. The van der Waals surface area contributed by atoms with Crippen LogP contribution in [0.3, 0.4) is 0 Å². The van der Waals surface area contributed by atoms with E-state index in [4.69, 9.17) is 0 Å². The minimum Gasteiger partial charge on any atom is -0.372 e. The van der Waals surface area contributed by atoms with E-state index in [1.54, 1.807) is 0 Å². The molecule has 2 aromatic carbocycles. The number of nitrogens with zero attached hydrogens (tertiary/aromatic N) is 1. The fourth-order valence-electron chi connectivity index (χ4n) is 2.53. The van der Waals surface area contributed by atoms with Crippen LogP contribution in [0.2, 0.25) is 0 Å². The molecule has 16 heavy (non-hydrogen) atoms. The fourth-order valence-corrected chi connectivity index (χ4v) is 2.53. The largest absolute Gasteiger partial charge is 0.372 e. The van der Waals surface area contributed by atoms with E-state index in [9.17, 15) is 0 Å². The number of fused-ring (bicyclic) bond motifs is 1. The molecule has 1 aliphatic rings. The summed E-state index contributed by atoms with van der Waals surface area (Å²) in [6, 6.07) is 15.4. The second-order valence-corrected chi connectivity index (χ2v) is 4.58. The molecule has 1 heteroatoms. The van der Waals surface area contributed by atoms with Crippen LogP contribution >= 0.6 is 0 Å². The summed E-state index contributed by atoms with van der Waals surface area (Å²) in [5, 5.41) is 2.69. The number of hydrogen-bond donors (Lipinski definition) is 0. The Morgan fingerprint density at radius 2 is 1.50 bits per heavy atom. The molecule has 2 aromatic rings. The molecule has 1 aliphatic heterocycles. The van der Waals surface area contributed by atoms with E-state index in [2.05, 4.69) is 47.4 Å². The first-order chi connectivity index (χ1) is 7.93. The average Bonchev–Trinajstić information content (AvgIpc) is 2.39. The van der Waals surface area contributed by atoms with Crippen LogP contribution in [-0.4, -0.2) is 13.1 Å². The highest BCUT2D eigenvalue weighted by molar-refractivity contribution is 5.85. The molecule has 0 N–H and O–H groups in total. The van der Waals surface area contributed by atoms with E-state index in [0.29, 0.717) is 0 Å². The van der Waals surface area contributed by atoms with Crippen molar-refractivity contribution in [3.05, 3.63) is 42.5 Å². The maximum atomic E-state index is 2.51. The van der Waals surface area contributed by atoms with Crippen LogP contribution in [0, 0.1) is 0 Å². The molecular weight excluding hydrogens is 194 g/mol. The Morgan fingerprint density at radius 3 is 2.31 bits per heavy atom. The van der Waals surface area contributed by atoms with Crippen LogP contribution in [0.1, 0.15) is 19.3 Å². The second-order valence-electron chi connectivity index (χ2n) is 4.58. The van der Waals surface area contributed by atoms with Crippen molar-refractivity contribution < 1.29 is 0 Å². The summed E-state index contributed by atoms with van der Waals surface area (Å²) in [5.41, 5.74) is 1.39. The minimum atomic E-state index is 1.22. The molecule has 3 rings (SSSR count). The first kappa shape index (κ1) is 9.71. The van der Waals surface area contributed by atoms with E-state index < -0.39 is 0 Å². The Labute approximate surface area is 96.7 Å². The molecule has 0 aliphatic carbocycles. The van der Waals surface area contributed by atoms with Gasteiger partial charge in [-0.25, -0.2) is 0 Å². The lowest BCUT2D eigenvalue weighted by Gasteiger charge is -2.29. The SMILES string of the molecule is c1ccc2cc(N3CCCCC3)ccc2c1. The molecule has 0 amide bonds.